The van der Waals surface area contributed by atoms with Gasteiger partial charge in [0.2, 0.25) is 0 Å². The monoisotopic (exact) mass is 605 g/mol. The first-order valence-corrected chi connectivity index (χ1v) is 16.1. The maximum atomic E-state index is 6.69. The number of nitrogens with one attached hydrogen (secondary N) is 1. The summed E-state index contributed by atoms with van der Waals surface area (Å²) < 4.78 is 6.69. The van der Waals surface area contributed by atoms with E-state index in [1.54, 1.807) is 0 Å². The summed E-state index contributed by atoms with van der Waals surface area (Å²) in [5, 5.41) is 8.17. The van der Waals surface area contributed by atoms with Crippen LogP contribution in [0, 0.1) is 0 Å². The first-order valence-electron chi connectivity index (χ1n) is 16.1. The van der Waals surface area contributed by atoms with E-state index in [4.69, 9.17) is 14.4 Å². The fourth-order valence-electron chi connectivity index (χ4n) is 6.97. The molecule has 47 heavy (non-hydrogen) atoms. The molecule has 2 heterocycles. The Bertz CT molecular complexity index is 2410. The molecule has 1 aliphatic carbocycles. The smallest absolute Gasteiger partial charge is 0.169 e. The molecule has 9 rings (SSSR count). The van der Waals surface area contributed by atoms with Gasteiger partial charge in [-0.1, -0.05) is 152 Å². The summed E-state index contributed by atoms with van der Waals surface area (Å²) in [6, 6.07) is 48.6. The maximum absolute atomic E-state index is 6.69. The van der Waals surface area contributed by atoms with Gasteiger partial charge in [-0.3, -0.25) is 0 Å². The number of nitrogens with zero attached hydrogens (tertiary/aromatic N) is 2. The van der Waals surface area contributed by atoms with E-state index >= 15 is 0 Å². The lowest BCUT2D eigenvalue weighted by Gasteiger charge is -2.25. The summed E-state index contributed by atoms with van der Waals surface area (Å²) in [4.78, 5) is 10.4. The third-order valence-electron chi connectivity index (χ3n) is 9.30. The quantitative estimate of drug-likeness (QED) is 0.212. The Hall–Kier alpha value is -6.00. The van der Waals surface area contributed by atoms with Crippen LogP contribution in [0.15, 0.2) is 178 Å². The number of amidine groups is 2. The molecule has 7 aromatic rings. The zero-order valence-corrected chi connectivity index (χ0v) is 25.7. The number of fused-ring (bicyclic) bond motifs is 4. The van der Waals surface area contributed by atoms with Crippen molar-refractivity contribution < 1.29 is 4.42 Å². The Kier molecular flexibility index (Phi) is 6.64. The van der Waals surface area contributed by atoms with Crippen molar-refractivity contribution in [3.8, 4) is 11.1 Å². The van der Waals surface area contributed by atoms with Crippen LogP contribution in [0.4, 0.5) is 0 Å². The fourth-order valence-corrected chi connectivity index (χ4v) is 6.97. The van der Waals surface area contributed by atoms with Crippen LogP contribution in [0.25, 0.3) is 43.8 Å². The molecule has 6 aromatic carbocycles. The molecule has 4 nitrogen and oxygen atoms in total. The van der Waals surface area contributed by atoms with Gasteiger partial charge in [0.25, 0.3) is 0 Å². The Labute approximate surface area is 273 Å². The minimum absolute atomic E-state index is 0.351. The SMILES string of the molecule is C1=CC(c2ccccc2)CC=C1C1=NC(c2ccccc2)N=C(c2cccc3oc4c(-c5cccc6ccccc56)cccc4c23)N1. The second-order valence-corrected chi connectivity index (χ2v) is 12.1. The lowest BCUT2D eigenvalue weighted by molar-refractivity contribution is 0.670. The van der Waals surface area contributed by atoms with Gasteiger partial charge in [-0.05, 0) is 39.9 Å². The summed E-state index contributed by atoms with van der Waals surface area (Å²) >= 11 is 0. The number of hydrogen-bond donors (Lipinski definition) is 1. The Morgan fingerprint density at radius 2 is 1.23 bits per heavy atom. The highest BCUT2D eigenvalue weighted by molar-refractivity contribution is 6.24. The van der Waals surface area contributed by atoms with E-state index in [9.17, 15) is 0 Å². The van der Waals surface area contributed by atoms with E-state index in [2.05, 4.69) is 145 Å². The Balaban J connectivity index is 1.16. The van der Waals surface area contributed by atoms with Crippen LogP contribution in [0.2, 0.25) is 0 Å². The molecule has 0 radical (unpaired) electrons. The van der Waals surface area contributed by atoms with Crippen LogP contribution >= 0.6 is 0 Å². The fraction of sp³-hybridized carbons (Fsp3) is 0.0698. The van der Waals surface area contributed by atoms with E-state index in [-0.39, 0.29) is 6.17 Å². The molecule has 224 valence electrons. The molecular weight excluding hydrogens is 574 g/mol. The van der Waals surface area contributed by atoms with Gasteiger partial charge in [0, 0.05) is 33.4 Å². The molecule has 0 fully saturated rings. The van der Waals surface area contributed by atoms with Gasteiger partial charge in [-0.25, -0.2) is 9.98 Å². The van der Waals surface area contributed by atoms with E-state index in [0.29, 0.717) is 5.92 Å². The third kappa shape index (κ3) is 4.86. The minimum atomic E-state index is -0.372. The number of benzene rings is 6. The van der Waals surface area contributed by atoms with Gasteiger partial charge in [0.05, 0.1) is 0 Å². The van der Waals surface area contributed by atoms with Crippen LogP contribution in [-0.2, 0) is 0 Å². The predicted octanol–water partition coefficient (Wildman–Crippen LogP) is 10.5. The summed E-state index contributed by atoms with van der Waals surface area (Å²) in [6.07, 6.45) is 7.32. The van der Waals surface area contributed by atoms with Crippen molar-refractivity contribution >= 4 is 44.4 Å². The molecule has 0 spiro atoms. The molecular formula is C43H31N3O. The Morgan fingerprint density at radius 3 is 2.06 bits per heavy atom. The average Bonchev–Trinajstić information content (AvgIpc) is 3.55. The summed E-state index contributed by atoms with van der Waals surface area (Å²) in [7, 11) is 0. The lowest BCUT2D eigenvalue weighted by Crippen LogP contribution is -2.36. The lowest BCUT2D eigenvalue weighted by atomic mass is 9.90. The molecule has 0 amide bonds. The van der Waals surface area contributed by atoms with Gasteiger partial charge < -0.3 is 9.73 Å². The summed E-state index contributed by atoms with van der Waals surface area (Å²) in [6.45, 7) is 0. The topological polar surface area (TPSA) is 49.9 Å². The van der Waals surface area contributed by atoms with Crippen LogP contribution in [0.3, 0.4) is 0 Å². The van der Waals surface area contributed by atoms with E-state index in [1.165, 1.54) is 16.3 Å². The van der Waals surface area contributed by atoms with Crippen LogP contribution in [-0.4, -0.2) is 11.7 Å². The highest BCUT2D eigenvalue weighted by atomic mass is 16.3. The molecule has 1 aromatic heterocycles. The standard InChI is InChI=1S/C43H31N3O/c1-3-12-28(13-4-1)29-24-26-32(27-25-29)42-44-41(31-15-5-2-6-16-31)45-43(46-42)37-22-11-23-38-39(37)36-21-10-20-35(40(36)47-38)34-19-9-17-30-14-7-8-18-33(30)34/h1-24,26-27,29,41H,25H2,(H,44,45,46). The van der Waals surface area contributed by atoms with Gasteiger partial charge in [-0.2, -0.15) is 0 Å². The zero-order chi connectivity index (χ0) is 31.2. The van der Waals surface area contributed by atoms with Crippen LogP contribution < -0.4 is 5.32 Å². The number of hydrogen-bond acceptors (Lipinski definition) is 4. The number of aliphatic imine (C=N–C) groups is 2. The van der Waals surface area contributed by atoms with E-state index in [1.807, 2.05) is 18.2 Å². The largest absolute Gasteiger partial charge is 0.455 e. The normalized spacial score (nSPS) is 17.7. The second kappa shape index (κ2) is 11.4. The Morgan fingerprint density at radius 1 is 0.574 bits per heavy atom. The second-order valence-electron chi connectivity index (χ2n) is 12.1. The van der Waals surface area contributed by atoms with Gasteiger partial charge in [0.1, 0.15) is 22.8 Å². The zero-order valence-electron chi connectivity index (χ0n) is 25.7. The molecule has 1 aliphatic heterocycles. The number of furan rings is 1. The molecule has 2 atom stereocenters. The minimum Gasteiger partial charge on any atom is -0.455 e. The maximum Gasteiger partial charge on any atom is 0.169 e. The molecule has 2 aliphatic rings. The van der Waals surface area contributed by atoms with Gasteiger partial charge in [0.15, 0.2) is 6.17 Å². The van der Waals surface area contributed by atoms with Crippen molar-refractivity contribution in [3.63, 3.8) is 0 Å². The molecule has 4 heteroatoms. The molecule has 2 unspecified atom stereocenters. The molecule has 0 saturated heterocycles. The van der Waals surface area contributed by atoms with E-state index in [0.717, 1.165) is 67.9 Å². The van der Waals surface area contributed by atoms with Gasteiger partial charge in [-0.15, -0.1) is 0 Å². The van der Waals surface area contributed by atoms with Crippen molar-refractivity contribution in [3.05, 3.63) is 180 Å². The van der Waals surface area contributed by atoms with Crippen molar-refractivity contribution in [1.29, 1.82) is 0 Å². The predicted molar refractivity (Wildman–Crippen MR) is 194 cm³/mol. The van der Waals surface area contributed by atoms with Crippen molar-refractivity contribution in [2.75, 3.05) is 0 Å². The third-order valence-corrected chi connectivity index (χ3v) is 9.30. The molecule has 0 bridgehead atoms. The number of rotatable bonds is 5. The van der Waals surface area contributed by atoms with E-state index < -0.39 is 0 Å². The van der Waals surface area contributed by atoms with Crippen molar-refractivity contribution in [2.24, 2.45) is 9.98 Å². The summed E-state index contributed by atoms with van der Waals surface area (Å²) in [5.74, 6) is 1.96. The van der Waals surface area contributed by atoms with Gasteiger partial charge >= 0.3 is 0 Å². The molecule has 0 saturated carbocycles. The first-order chi connectivity index (χ1) is 23.3. The van der Waals surface area contributed by atoms with Crippen LogP contribution in [0.1, 0.15) is 35.2 Å². The average molecular weight is 606 g/mol. The highest BCUT2D eigenvalue weighted by Gasteiger charge is 2.25. The summed E-state index contributed by atoms with van der Waals surface area (Å²) in [5.41, 5.74) is 8.39. The number of allylic oxidation sites excluding steroid dienone is 2. The van der Waals surface area contributed by atoms with Crippen LogP contribution in [0.5, 0.6) is 0 Å². The highest BCUT2D eigenvalue weighted by Crippen LogP contribution is 2.40. The number of para-hydroxylation sites is 1. The molecule has 1 N–H and O–H groups in total. The van der Waals surface area contributed by atoms with Crippen molar-refractivity contribution in [1.82, 2.24) is 5.32 Å². The first kappa shape index (κ1) is 27.3. The van der Waals surface area contributed by atoms with Crippen molar-refractivity contribution in [2.45, 2.75) is 18.5 Å².